The lowest BCUT2D eigenvalue weighted by Gasteiger charge is -2.34. The van der Waals surface area contributed by atoms with Crippen molar-refractivity contribution in [1.82, 2.24) is 14.8 Å². The number of halogens is 2. The summed E-state index contributed by atoms with van der Waals surface area (Å²) in [6.45, 7) is 6.75. The molecule has 2 rings (SSSR count). The van der Waals surface area contributed by atoms with Crippen LogP contribution in [0.25, 0.3) is 0 Å². The molecule has 0 aromatic carbocycles. The van der Waals surface area contributed by atoms with Gasteiger partial charge in [0.1, 0.15) is 0 Å². The van der Waals surface area contributed by atoms with Crippen LogP contribution >= 0.6 is 31.9 Å². The van der Waals surface area contributed by atoms with Gasteiger partial charge in [0.25, 0.3) is 0 Å². The highest BCUT2D eigenvalue weighted by Gasteiger charge is 2.16. The van der Waals surface area contributed by atoms with Gasteiger partial charge in [0, 0.05) is 55.3 Å². The van der Waals surface area contributed by atoms with E-state index in [-0.39, 0.29) is 0 Å². The van der Waals surface area contributed by atoms with Gasteiger partial charge < -0.3 is 0 Å². The zero-order valence-corrected chi connectivity index (χ0v) is 13.0. The Morgan fingerprint density at radius 3 is 2.41 bits per heavy atom. The molecule has 94 valence electrons. The van der Waals surface area contributed by atoms with Crippen molar-refractivity contribution in [3.05, 3.63) is 28.5 Å². The Kier molecular flexibility index (Phi) is 5.41. The fourth-order valence-electron chi connectivity index (χ4n) is 2.02. The molecule has 0 N–H and O–H groups in total. The fraction of sp³-hybridized carbons (Fsp3) is 0.583. The van der Waals surface area contributed by atoms with Gasteiger partial charge in [0.15, 0.2) is 0 Å². The number of hydrogen-bond donors (Lipinski definition) is 0. The first-order valence-corrected chi connectivity index (χ1v) is 7.80. The van der Waals surface area contributed by atoms with Crippen molar-refractivity contribution in [3.8, 4) is 0 Å². The summed E-state index contributed by atoms with van der Waals surface area (Å²) in [7, 11) is 0. The Morgan fingerprint density at radius 1 is 1.12 bits per heavy atom. The van der Waals surface area contributed by atoms with Crippen molar-refractivity contribution >= 4 is 31.9 Å². The highest BCUT2D eigenvalue weighted by atomic mass is 79.9. The Hall–Kier alpha value is 0.0300. The van der Waals surface area contributed by atoms with Gasteiger partial charge in [0.2, 0.25) is 0 Å². The molecule has 0 unspecified atom stereocenters. The van der Waals surface area contributed by atoms with E-state index in [4.69, 9.17) is 0 Å². The van der Waals surface area contributed by atoms with Crippen LogP contribution < -0.4 is 0 Å². The molecule has 1 fully saturated rings. The lowest BCUT2D eigenvalue weighted by atomic mass is 10.2. The van der Waals surface area contributed by atoms with Gasteiger partial charge in [-0.05, 0) is 28.1 Å². The second-order valence-electron chi connectivity index (χ2n) is 4.27. The predicted molar refractivity (Wildman–Crippen MR) is 77.4 cm³/mol. The lowest BCUT2D eigenvalue weighted by Crippen LogP contribution is -2.46. The first-order chi connectivity index (χ1) is 8.28. The van der Waals surface area contributed by atoms with E-state index in [1.165, 1.54) is 13.1 Å². The maximum atomic E-state index is 4.42. The van der Waals surface area contributed by atoms with Crippen LogP contribution in [-0.2, 0) is 6.54 Å². The van der Waals surface area contributed by atoms with Gasteiger partial charge in [-0.15, -0.1) is 0 Å². The van der Waals surface area contributed by atoms with E-state index >= 15 is 0 Å². The third-order valence-corrected chi connectivity index (χ3v) is 3.86. The van der Waals surface area contributed by atoms with Crippen molar-refractivity contribution in [2.75, 3.05) is 38.1 Å². The first kappa shape index (κ1) is 13.5. The largest absolute Gasteiger partial charge is 0.300 e. The normalized spacial score (nSPS) is 18.5. The number of nitrogens with zero attached hydrogens (tertiary/aromatic N) is 3. The topological polar surface area (TPSA) is 19.4 Å². The summed E-state index contributed by atoms with van der Waals surface area (Å²) in [5.74, 6) is 0. The second kappa shape index (κ2) is 6.83. The van der Waals surface area contributed by atoms with E-state index in [9.17, 15) is 0 Å². The third kappa shape index (κ3) is 4.32. The van der Waals surface area contributed by atoms with E-state index in [1.807, 2.05) is 6.20 Å². The minimum absolute atomic E-state index is 0.968. The molecule has 0 saturated carbocycles. The lowest BCUT2D eigenvalue weighted by molar-refractivity contribution is 0.132. The summed E-state index contributed by atoms with van der Waals surface area (Å²) in [6.07, 6.45) is 1.87. The zero-order valence-electron chi connectivity index (χ0n) is 9.78. The Morgan fingerprint density at radius 2 is 1.82 bits per heavy atom. The molecule has 1 aliphatic heterocycles. The number of pyridine rings is 1. The summed E-state index contributed by atoms with van der Waals surface area (Å²) in [5, 5.41) is 1.07. The number of hydrogen-bond acceptors (Lipinski definition) is 3. The van der Waals surface area contributed by atoms with Gasteiger partial charge >= 0.3 is 0 Å². The Labute approximate surface area is 119 Å². The van der Waals surface area contributed by atoms with Crippen molar-refractivity contribution in [3.63, 3.8) is 0 Å². The van der Waals surface area contributed by atoms with E-state index in [1.54, 1.807) is 0 Å². The minimum Gasteiger partial charge on any atom is -0.300 e. The average molecular weight is 363 g/mol. The van der Waals surface area contributed by atoms with E-state index in [0.29, 0.717) is 0 Å². The number of rotatable bonds is 4. The molecule has 3 nitrogen and oxygen atoms in total. The molecule has 0 aliphatic carbocycles. The molecule has 1 saturated heterocycles. The Bertz CT molecular complexity index is 334. The molecule has 1 aromatic rings. The van der Waals surface area contributed by atoms with Gasteiger partial charge in [-0.1, -0.05) is 15.9 Å². The molecule has 0 amide bonds. The van der Waals surface area contributed by atoms with Crippen LogP contribution in [0.3, 0.4) is 0 Å². The van der Waals surface area contributed by atoms with Crippen LogP contribution in [0.15, 0.2) is 22.8 Å². The maximum Gasteiger partial charge on any atom is 0.0544 e. The summed E-state index contributed by atoms with van der Waals surface area (Å²) in [6, 6.07) is 4.15. The summed E-state index contributed by atoms with van der Waals surface area (Å²) < 4.78 is 1.04. The molecule has 17 heavy (non-hydrogen) atoms. The molecular formula is C12H17Br2N3. The second-order valence-corrected chi connectivity index (χ2v) is 5.98. The van der Waals surface area contributed by atoms with Crippen LogP contribution in [0.1, 0.15) is 5.69 Å². The van der Waals surface area contributed by atoms with Crippen LogP contribution in [0.5, 0.6) is 0 Å². The molecule has 0 atom stereocenters. The highest BCUT2D eigenvalue weighted by molar-refractivity contribution is 9.10. The molecule has 0 spiro atoms. The van der Waals surface area contributed by atoms with Crippen LogP contribution in [0.4, 0.5) is 0 Å². The monoisotopic (exact) mass is 361 g/mol. The van der Waals surface area contributed by atoms with Crippen molar-refractivity contribution in [1.29, 1.82) is 0 Å². The van der Waals surface area contributed by atoms with Crippen molar-refractivity contribution in [2.45, 2.75) is 6.54 Å². The van der Waals surface area contributed by atoms with E-state index in [2.05, 4.69) is 58.8 Å². The molecule has 2 heterocycles. The predicted octanol–water partition coefficient (Wildman–Crippen LogP) is 2.36. The minimum atomic E-state index is 0.968. The van der Waals surface area contributed by atoms with Gasteiger partial charge in [-0.25, -0.2) is 0 Å². The van der Waals surface area contributed by atoms with Gasteiger partial charge in [0.05, 0.1) is 5.69 Å². The summed E-state index contributed by atoms with van der Waals surface area (Å²) in [4.78, 5) is 9.39. The molecular weight excluding hydrogens is 346 g/mol. The molecule has 1 aliphatic rings. The molecule has 0 radical (unpaired) electrons. The van der Waals surface area contributed by atoms with Crippen molar-refractivity contribution < 1.29 is 0 Å². The average Bonchev–Trinajstić information content (AvgIpc) is 2.35. The third-order valence-electron chi connectivity index (χ3n) is 3.04. The fourth-order valence-corrected chi connectivity index (χ4v) is 2.76. The summed E-state index contributed by atoms with van der Waals surface area (Å²) >= 11 is 6.90. The van der Waals surface area contributed by atoms with Crippen LogP contribution in [-0.4, -0.2) is 52.8 Å². The van der Waals surface area contributed by atoms with Crippen LogP contribution in [0.2, 0.25) is 0 Å². The molecule has 1 aromatic heterocycles. The highest BCUT2D eigenvalue weighted by Crippen LogP contribution is 2.10. The van der Waals surface area contributed by atoms with Crippen LogP contribution in [0, 0.1) is 0 Å². The number of alkyl halides is 1. The maximum absolute atomic E-state index is 4.42. The summed E-state index contributed by atoms with van der Waals surface area (Å²) in [5.41, 5.74) is 1.15. The van der Waals surface area contributed by atoms with Crippen molar-refractivity contribution in [2.24, 2.45) is 0 Å². The quantitative estimate of drug-likeness (QED) is 0.766. The van der Waals surface area contributed by atoms with E-state index in [0.717, 1.165) is 41.7 Å². The standard InChI is InChI=1S/C12H17Br2N3/c13-3-4-16-5-7-17(8-6-16)10-12-2-1-11(14)9-15-12/h1-2,9H,3-8,10H2. The Balaban J connectivity index is 1.79. The first-order valence-electron chi connectivity index (χ1n) is 5.89. The molecule has 5 heteroatoms. The zero-order chi connectivity index (χ0) is 12.1. The SMILES string of the molecule is BrCCN1CCN(Cc2ccc(Br)cn2)CC1. The number of piperazine rings is 1. The van der Waals surface area contributed by atoms with E-state index < -0.39 is 0 Å². The van der Waals surface area contributed by atoms with Gasteiger partial charge in [-0.2, -0.15) is 0 Å². The smallest absolute Gasteiger partial charge is 0.0544 e. The molecule has 0 bridgehead atoms. The number of aromatic nitrogens is 1. The van der Waals surface area contributed by atoms with Gasteiger partial charge in [-0.3, -0.25) is 14.8 Å².